The fraction of sp³-hybridized carbons (Fsp3) is 0.357. The molecule has 3 N–H and O–H groups in total. The zero-order valence-corrected chi connectivity index (χ0v) is 20.3. The summed E-state index contributed by atoms with van der Waals surface area (Å²) in [4.78, 5) is 29.9. The Balaban J connectivity index is 1.42. The van der Waals surface area contributed by atoms with Gasteiger partial charge in [0, 0.05) is 32.7 Å². The second-order valence-corrected chi connectivity index (χ2v) is 9.33. The van der Waals surface area contributed by atoms with Crippen LogP contribution in [0.5, 0.6) is 0 Å². The molecule has 1 heterocycles. The number of halogens is 1. The van der Waals surface area contributed by atoms with Crippen LogP contribution in [0, 0.1) is 5.82 Å². The molecule has 0 aromatic heterocycles. The summed E-state index contributed by atoms with van der Waals surface area (Å²) in [5.74, 6) is -0.460. The number of benzene rings is 3. The van der Waals surface area contributed by atoms with Crippen LogP contribution in [0.2, 0.25) is 0 Å². The van der Waals surface area contributed by atoms with Gasteiger partial charge in [0.15, 0.2) is 0 Å². The van der Waals surface area contributed by atoms with Gasteiger partial charge < -0.3 is 16.0 Å². The molecule has 0 saturated carbocycles. The van der Waals surface area contributed by atoms with Gasteiger partial charge in [0.2, 0.25) is 11.8 Å². The number of amides is 2. The SMILES string of the molecule is CNC(=O)C(Cc1ccc2ccccc2c1)N1CCN(C(=O)C(N)Cc2ccc(F)cc2)C(C)C1. The first-order chi connectivity index (χ1) is 16.9. The molecule has 6 nitrogen and oxygen atoms in total. The molecule has 4 rings (SSSR count). The van der Waals surface area contributed by atoms with Gasteiger partial charge >= 0.3 is 0 Å². The van der Waals surface area contributed by atoms with Crippen LogP contribution in [0.25, 0.3) is 10.8 Å². The van der Waals surface area contributed by atoms with Gasteiger partial charge in [0.1, 0.15) is 5.82 Å². The first-order valence-electron chi connectivity index (χ1n) is 12.1. The molecular formula is C28H33FN4O2. The lowest BCUT2D eigenvalue weighted by molar-refractivity contribution is -0.138. The number of nitrogens with two attached hydrogens (primary N) is 1. The highest BCUT2D eigenvalue weighted by Crippen LogP contribution is 2.21. The minimum Gasteiger partial charge on any atom is -0.358 e. The van der Waals surface area contributed by atoms with Crippen molar-refractivity contribution in [2.75, 3.05) is 26.7 Å². The number of nitrogens with zero attached hydrogens (tertiary/aromatic N) is 2. The van der Waals surface area contributed by atoms with Crippen LogP contribution in [-0.4, -0.2) is 66.4 Å². The number of hydrogen-bond donors (Lipinski definition) is 2. The lowest BCUT2D eigenvalue weighted by Gasteiger charge is -2.43. The largest absolute Gasteiger partial charge is 0.358 e. The molecule has 1 aliphatic rings. The van der Waals surface area contributed by atoms with Crippen LogP contribution in [-0.2, 0) is 22.4 Å². The molecule has 0 radical (unpaired) electrons. The predicted molar refractivity (Wildman–Crippen MR) is 136 cm³/mol. The third-order valence-corrected chi connectivity index (χ3v) is 6.86. The minimum absolute atomic E-state index is 0.0295. The van der Waals surface area contributed by atoms with Gasteiger partial charge in [-0.05, 0) is 53.8 Å². The highest BCUT2D eigenvalue weighted by molar-refractivity contribution is 5.85. The number of carbonyl (C=O) groups excluding carboxylic acids is 2. The third-order valence-electron chi connectivity index (χ3n) is 6.86. The summed E-state index contributed by atoms with van der Waals surface area (Å²) in [5.41, 5.74) is 8.16. The summed E-state index contributed by atoms with van der Waals surface area (Å²) in [6.07, 6.45) is 0.949. The molecule has 184 valence electrons. The molecule has 35 heavy (non-hydrogen) atoms. The van der Waals surface area contributed by atoms with Crippen molar-refractivity contribution in [1.29, 1.82) is 0 Å². The maximum Gasteiger partial charge on any atom is 0.240 e. The Kier molecular flexibility index (Phi) is 7.78. The van der Waals surface area contributed by atoms with Gasteiger partial charge in [-0.2, -0.15) is 0 Å². The fourth-order valence-corrected chi connectivity index (χ4v) is 4.91. The van der Waals surface area contributed by atoms with Gasteiger partial charge in [-0.25, -0.2) is 4.39 Å². The van der Waals surface area contributed by atoms with Crippen LogP contribution in [0.3, 0.4) is 0 Å². The average molecular weight is 477 g/mol. The zero-order valence-electron chi connectivity index (χ0n) is 20.3. The minimum atomic E-state index is -0.693. The van der Waals surface area contributed by atoms with Crippen molar-refractivity contribution >= 4 is 22.6 Å². The summed E-state index contributed by atoms with van der Waals surface area (Å²) in [5, 5.41) is 5.13. The highest BCUT2D eigenvalue weighted by atomic mass is 19.1. The quantitative estimate of drug-likeness (QED) is 0.550. The van der Waals surface area contributed by atoms with Crippen LogP contribution >= 0.6 is 0 Å². The Labute approximate surface area is 205 Å². The topological polar surface area (TPSA) is 78.7 Å². The molecule has 3 aromatic rings. The van der Waals surface area contributed by atoms with E-state index in [1.165, 1.54) is 17.5 Å². The molecule has 0 aliphatic carbocycles. The van der Waals surface area contributed by atoms with Crippen LogP contribution < -0.4 is 11.1 Å². The Hall–Kier alpha value is -3.29. The summed E-state index contributed by atoms with van der Waals surface area (Å²) in [6, 6.07) is 19.5. The Morgan fingerprint density at radius 2 is 1.69 bits per heavy atom. The van der Waals surface area contributed by atoms with Gasteiger partial charge in [0.25, 0.3) is 0 Å². The first kappa shape index (κ1) is 24.8. The lowest BCUT2D eigenvalue weighted by Crippen LogP contribution is -2.61. The van der Waals surface area contributed by atoms with Crippen LogP contribution in [0.1, 0.15) is 18.1 Å². The van der Waals surface area contributed by atoms with Crippen molar-refractivity contribution in [1.82, 2.24) is 15.1 Å². The zero-order chi connectivity index (χ0) is 24.9. The normalized spacial score (nSPS) is 18.3. The second-order valence-electron chi connectivity index (χ2n) is 9.33. The van der Waals surface area contributed by atoms with E-state index in [-0.39, 0.29) is 29.7 Å². The smallest absolute Gasteiger partial charge is 0.240 e. The van der Waals surface area contributed by atoms with Crippen molar-refractivity contribution < 1.29 is 14.0 Å². The van der Waals surface area contributed by atoms with Crippen LogP contribution in [0.15, 0.2) is 66.7 Å². The van der Waals surface area contributed by atoms with Crippen molar-refractivity contribution in [3.8, 4) is 0 Å². The van der Waals surface area contributed by atoms with E-state index in [2.05, 4.69) is 40.5 Å². The molecule has 0 bridgehead atoms. The van der Waals surface area contributed by atoms with Gasteiger partial charge in [0.05, 0.1) is 12.1 Å². The Morgan fingerprint density at radius 1 is 1.00 bits per heavy atom. The third kappa shape index (κ3) is 5.86. The van der Waals surface area contributed by atoms with Crippen molar-refractivity contribution in [2.24, 2.45) is 5.73 Å². The molecule has 1 fully saturated rings. The molecule has 1 aliphatic heterocycles. The average Bonchev–Trinajstić information content (AvgIpc) is 2.87. The van der Waals surface area contributed by atoms with E-state index in [4.69, 9.17) is 5.73 Å². The van der Waals surface area contributed by atoms with E-state index in [0.29, 0.717) is 32.5 Å². The van der Waals surface area contributed by atoms with Crippen LogP contribution in [0.4, 0.5) is 4.39 Å². The molecule has 1 saturated heterocycles. The molecular weight excluding hydrogens is 443 g/mol. The summed E-state index contributed by atoms with van der Waals surface area (Å²) < 4.78 is 13.2. The van der Waals surface area contributed by atoms with Crippen molar-refractivity contribution in [3.63, 3.8) is 0 Å². The Bertz CT molecular complexity index is 1180. The fourth-order valence-electron chi connectivity index (χ4n) is 4.91. The predicted octanol–water partition coefficient (Wildman–Crippen LogP) is 2.74. The molecule has 7 heteroatoms. The summed E-state index contributed by atoms with van der Waals surface area (Å²) in [6.45, 7) is 3.67. The van der Waals surface area contributed by atoms with Crippen molar-refractivity contribution in [2.45, 2.75) is 37.9 Å². The maximum absolute atomic E-state index is 13.2. The number of fused-ring (bicyclic) bond motifs is 1. The number of hydrogen-bond acceptors (Lipinski definition) is 4. The maximum atomic E-state index is 13.2. The van der Waals surface area contributed by atoms with E-state index in [0.717, 1.165) is 16.5 Å². The molecule has 3 unspecified atom stereocenters. The Morgan fingerprint density at radius 3 is 2.37 bits per heavy atom. The first-order valence-corrected chi connectivity index (χ1v) is 12.1. The molecule has 3 aromatic carbocycles. The van der Waals surface area contributed by atoms with Gasteiger partial charge in [-0.1, -0.05) is 54.6 Å². The summed E-state index contributed by atoms with van der Waals surface area (Å²) in [7, 11) is 1.66. The number of carbonyl (C=O) groups is 2. The monoisotopic (exact) mass is 476 g/mol. The van der Waals surface area contributed by atoms with Crippen molar-refractivity contribution in [3.05, 3.63) is 83.7 Å². The summed E-state index contributed by atoms with van der Waals surface area (Å²) >= 11 is 0. The molecule has 2 amide bonds. The highest BCUT2D eigenvalue weighted by Gasteiger charge is 2.35. The molecule has 3 atom stereocenters. The van der Waals surface area contributed by atoms with E-state index in [1.807, 2.05) is 24.0 Å². The number of piperazine rings is 1. The number of likely N-dealkylation sites (N-methyl/N-ethyl adjacent to an activating group) is 1. The number of rotatable bonds is 7. The molecule has 0 spiro atoms. The van der Waals surface area contributed by atoms with E-state index in [9.17, 15) is 14.0 Å². The van der Waals surface area contributed by atoms with E-state index >= 15 is 0 Å². The lowest BCUT2D eigenvalue weighted by atomic mass is 9.98. The van der Waals surface area contributed by atoms with E-state index < -0.39 is 6.04 Å². The standard InChI is InChI=1S/C28H33FN4O2/c1-19-18-32(13-14-33(19)28(35)25(30)16-20-8-11-24(29)12-9-20)26(27(34)31-2)17-21-7-10-22-5-3-4-6-23(22)15-21/h3-12,15,19,25-26H,13-14,16-18,30H2,1-2H3,(H,31,34). The van der Waals surface area contributed by atoms with Gasteiger partial charge in [-0.15, -0.1) is 0 Å². The second kappa shape index (κ2) is 11.0. The van der Waals surface area contributed by atoms with Gasteiger partial charge in [-0.3, -0.25) is 14.5 Å². The van der Waals surface area contributed by atoms with E-state index in [1.54, 1.807) is 19.2 Å². The number of nitrogens with one attached hydrogen (secondary N) is 1.